The van der Waals surface area contributed by atoms with Gasteiger partial charge in [0.15, 0.2) is 10.8 Å². The summed E-state index contributed by atoms with van der Waals surface area (Å²) in [5.41, 5.74) is 0.867. The second-order valence-corrected chi connectivity index (χ2v) is 7.46. The highest BCUT2D eigenvalue weighted by Crippen LogP contribution is 2.37. The number of rotatable bonds is 7. The molecule has 10 heteroatoms. The normalized spacial score (nSPS) is 17.6. The summed E-state index contributed by atoms with van der Waals surface area (Å²) >= 11 is 7.59. The molecule has 7 nitrogen and oxygen atoms in total. The molecule has 29 heavy (non-hydrogen) atoms. The highest BCUT2D eigenvalue weighted by atomic mass is 35.5. The lowest BCUT2D eigenvalue weighted by Gasteiger charge is -2.28. The van der Waals surface area contributed by atoms with Crippen molar-refractivity contribution in [3.63, 3.8) is 0 Å². The molecule has 0 radical (unpaired) electrons. The number of nitrogens with one attached hydrogen (secondary N) is 1. The topological polar surface area (TPSA) is 104 Å². The van der Waals surface area contributed by atoms with Gasteiger partial charge in [0, 0.05) is 34.3 Å². The second-order valence-electron chi connectivity index (χ2n) is 6.16. The molecule has 2 heterocycles. The number of aliphatic hydroxyl groups excluding tert-OH is 2. The van der Waals surface area contributed by atoms with E-state index in [1.54, 1.807) is 18.5 Å². The summed E-state index contributed by atoms with van der Waals surface area (Å²) in [6.07, 6.45) is 0.447. The van der Waals surface area contributed by atoms with Gasteiger partial charge in [-0.05, 0) is 19.1 Å². The number of halogens is 2. The minimum atomic E-state index is -1.11. The smallest absolute Gasteiger partial charge is 0.338 e. The number of amidine groups is 1. The summed E-state index contributed by atoms with van der Waals surface area (Å²) in [6, 6.07) is 2.92. The van der Waals surface area contributed by atoms with Crippen LogP contribution < -0.4 is 5.32 Å². The summed E-state index contributed by atoms with van der Waals surface area (Å²) in [5.74, 6) is -0.791. The fourth-order valence-electron chi connectivity index (χ4n) is 2.90. The number of hydrogen-bond acceptors (Lipinski definition) is 8. The SMILES string of the molecule is CCOC(=O)C1=C(C[C@H](O)CO)NC(c2nccs2)=NC1c1ccc(F)cc1Cl. The molecule has 2 atom stereocenters. The van der Waals surface area contributed by atoms with Crippen LogP contribution in [0.1, 0.15) is 30.0 Å². The van der Waals surface area contributed by atoms with Crippen LogP contribution in [0.3, 0.4) is 0 Å². The lowest BCUT2D eigenvalue weighted by Crippen LogP contribution is -2.35. The average Bonchev–Trinajstić information content (AvgIpc) is 3.22. The predicted molar refractivity (Wildman–Crippen MR) is 107 cm³/mol. The van der Waals surface area contributed by atoms with E-state index in [1.807, 2.05) is 0 Å². The van der Waals surface area contributed by atoms with E-state index in [1.165, 1.54) is 23.5 Å². The molecular weight excluding hydrogens is 421 g/mol. The average molecular weight is 440 g/mol. The van der Waals surface area contributed by atoms with Crippen LogP contribution in [-0.4, -0.2) is 46.3 Å². The van der Waals surface area contributed by atoms with Crippen molar-refractivity contribution in [2.24, 2.45) is 4.99 Å². The van der Waals surface area contributed by atoms with E-state index in [9.17, 15) is 19.4 Å². The van der Waals surface area contributed by atoms with Gasteiger partial charge in [-0.15, -0.1) is 11.3 Å². The van der Waals surface area contributed by atoms with Gasteiger partial charge in [-0.1, -0.05) is 17.7 Å². The van der Waals surface area contributed by atoms with Crippen LogP contribution in [0.15, 0.2) is 46.0 Å². The fraction of sp³-hybridized carbons (Fsp3) is 0.316. The lowest BCUT2D eigenvalue weighted by atomic mass is 9.93. The molecule has 1 aromatic heterocycles. The number of benzene rings is 1. The molecule has 1 aliphatic rings. The molecule has 0 spiro atoms. The summed E-state index contributed by atoms with van der Waals surface area (Å²) in [7, 11) is 0. The molecule has 1 aliphatic heterocycles. The van der Waals surface area contributed by atoms with Crippen molar-refractivity contribution in [1.82, 2.24) is 10.3 Å². The van der Waals surface area contributed by atoms with Crippen LogP contribution in [0.25, 0.3) is 0 Å². The number of thiazole rings is 1. The summed E-state index contributed by atoms with van der Waals surface area (Å²) in [5, 5.41) is 24.7. The van der Waals surface area contributed by atoms with E-state index >= 15 is 0 Å². The standard InChI is InChI=1S/C19H19ClFN3O4S/c1-2-28-19(27)15-14(8-11(26)9-25)23-17(18-22-5-6-29-18)24-16(15)12-4-3-10(21)7-13(12)20/h3-7,11,16,25-26H,2,8-9H2,1H3,(H,23,24)/t11-,16?/m0/s1. The van der Waals surface area contributed by atoms with Crippen LogP contribution in [-0.2, 0) is 9.53 Å². The first-order valence-electron chi connectivity index (χ1n) is 8.83. The maximum atomic E-state index is 13.6. The number of carbonyl (C=O) groups excluding carboxylic acids is 1. The summed E-state index contributed by atoms with van der Waals surface area (Å²) in [4.78, 5) is 21.6. The van der Waals surface area contributed by atoms with Crippen molar-refractivity contribution in [2.75, 3.05) is 13.2 Å². The molecule has 0 bridgehead atoms. The maximum Gasteiger partial charge on any atom is 0.338 e. The third-order valence-electron chi connectivity index (χ3n) is 4.16. The van der Waals surface area contributed by atoms with Gasteiger partial charge in [0.1, 0.15) is 11.9 Å². The molecule has 3 N–H and O–H groups in total. The number of ether oxygens (including phenoxy) is 1. The van der Waals surface area contributed by atoms with E-state index in [2.05, 4.69) is 15.3 Å². The predicted octanol–water partition coefficient (Wildman–Crippen LogP) is 2.59. The fourth-order valence-corrected chi connectivity index (χ4v) is 3.76. The van der Waals surface area contributed by atoms with E-state index in [-0.39, 0.29) is 23.6 Å². The van der Waals surface area contributed by atoms with Gasteiger partial charge in [-0.3, -0.25) is 4.99 Å². The van der Waals surface area contributed by atoms with Crippen molar-refractivity contribution in [2.45, 2.75) is 25.5 Å². The van der Waals surface area contributed by atoms with Crippen LogP contribution >= 0.6 is 22.9 Å². The van der Waals surface area contributed by atoms with Crippen LogP contribution in [0.2, 0.25) is 5.02 Å². The molecule has 1 aromatic carbocycles. The zero-order chi connectivity index (χ0) is 21.0. The summed E-state index contributed by atoms with van der Waals surface area (Å²) < 4.78 is 18.8. The summed E-state index contributed by atoms with van der Waals surface area (Å²) in [6.45, 7) is 1.30. The van der Waals surface area contributed by atoms with E-state index in [4.69, 9.17) is 16.3 Å². The van der Waals surface area contributed by atoms with Crippen molar-refractivity contribution in [1.29, 1.82) is 0 Å². The van der Waals surface area contributed by atoms with Gasteiger partial charge >= 0.3 is 5.97 Å². The third-order valence-corrected chi connectivity index (χ3v) is 5.27. The quantitative estimate of drug-likeness (QED) is 0.573. The Morgan fingerprint density at radius 1 is 1.48 bits per heavy atom. The third kappa shape index (κ3) is 4.81. The second kappa shape index (κ2) is 9.45. The Hall–Kier alpha value is -2.33. The van der Waals surface area contributed by atoms with E-state index < -0.39 is 30.5 Å². The van der Waals surface area contributed by atoms with Gasteiger partial charge in [-0.25, -0.2) is 14.2 Å². The minimum Gasteiger partial charge on any atom is -0.463 e. The Labute approximate surface area is 175 Å². The highest BCUT2D eigenvalue weighted by molar-refractivity contribution is 7.11. The molecule has 3 rings (SSSR count). The number of hydrogen-bond donors (Lipinski definition) is 3. The molecule has 154 valence electrons. The van der Waals surface area contributed by atoms with Crippen molar-refractivity contribution < 1.29 is 24.1 Å². The maximum absolute atomic E-state index is 13.6. The molecular formula is C19H19ClFN3O4S. The Bertz CT molecular complexity index is 949. The first-order valence-corrected chi connectivity index (χ1v) is 10.1. The molecule has 2 aromatic rings. The monoisotopic (exact) mass is 439 g/mol. The number of aromatic nitrogens is 1. The first-order chi connectivity index (χ1) is 13.9. The molecule has 0 saturated heterocycles. The van der Waals surface area contributed by atoms with E-state index in [0.29, 0.717) is 22.1 Å². The van der Waals surface area contributed by atoms with Gasteiger partial charge in [0.05, 0.1) is 24.9 Å². The van der Waals surface area contributed by atoms with Gasteiger partial charge < -0.3 is 20.3 Å². The Morgan fingerprint density at radius 2 is 2.28 bits per heavy atom. The molecule has 0 saturated carbocycles. The number of nitrogens with zero attached hydrogens (tertiary/aromatic N) is 2. The largest absolute Gasteiger partial charge is 0.463 e. The van der Waals surface area contributed by atoms with Crippen LogP contribution in [0, 0.1) is 5.82 Å². The molecule has 0 aliphatic carbocycles. The number of carbonyl (C=O) groups is 1. The Kier molecular flexibility index (Phi) is 6.96. The van der Waals surface area contributed by atoms with Crippen LogP contribution in [0.5, 0.6) is 0 Å². The van der Waals surface area contributed by atoms with Crippen molar-refractivity contribution in [3.8, 4) is 0 Å². The molecule has 1 unspecified atom stereocenters. The van der Waals surface area contributed by atoms with Gasteiger partial charge in [0.25, 0.3) is 0 Å². The number of aliphatic imine (C=N–C) groups is 1. The Balaban J connectivity index is 2.17. The minimum absolute atomic E-state index is 0.0512. The zero-order valence-electron chi connectivity index (χ0n) is 15.4. The van der Waals surface area contributed by atoms with Crippen molar-refractivity contribution >= 4 is 34.7 Å². The number of aliphatic hydroxyl groups is 2. The van der Waals surface area contributed by atoms with E-state index in [0.717, 1.165) is 6.07 Å². The van der Waals surface area contributed by atoms with Gasteiger partial charge in [-0.2, -0.15) is 0 Å². The molecule has 0 amide bonds. The highest BCUT2D eigenvalue weighted by Gasteiger charge is 2.34. The lowest BCUT2D eigenvalue weighted by molar-refractivity contribution is -0.139. The first kappa shape index (κ1) is 21.4. The van der Waals surface area contributed by atoms with Gasteiger partial charge in [0.2, 0.25) is 0 Å². The van der Waals surface area contributed by atoms with Crippen molar-refractivity contribution in [3.05, 3.63) is 62.5 Å². The molecule has 0 fully saturated rings. The van der Waals surface area contributed by atoms with Crippen LogP contribution in [0.4, 0.5) is 4.39 Å². The zero-order valence-corrected chi connectivity index (χ0v) is 17.0. The Morgan fingerprint density at radius 3 is 2.90 bits per heavy atom. The number of esters is 1.